The Labute approximate surface area is 124 Å². The van der Waals surface area contributed by atoms with E-state index in [-0.39, 0.29) is 0 Å². The topological polar surface area (TPSA) is 15.3 Å². The summed E-state index contributed by atoms with van der Waals surface area (Å²) in [4.78, 5) is 2.70. The van der Waals surface area contributed by atoms with E-state index >= 15 is 0 Å². The van der Waals surface area contributed by atoms with Crippen molar-refractivity contribution in [3.05, 3.63) is 34.9 Å². The minimum atomic E-state index is 0.452. The van der Waals surface area contributed by atoms with Gasteiger partial charge in [-0.25, -0.2) is 0 Å². The lowest BCUT2D eigenvalue weighted by atomic mass is 9.98. The van der Waals surface area contributed by atoms with Gasteiger partial charge in [0.2, 0.25) is 0 Å². The molecule has 1 aromatic carbocycles. The van der Waals surface area contributed by atoms with Gasteiger partial charge in [-0.1, -0.05) is 37.1 Å². The number of likely N-dealkylation sites (N-methyl/N-ethyl adjacent to an activating group) is 1. The number of aryl methyl sites for hydroxylation is 2. The first-order chi connectivity index (χ1) is 9.65. The first-order valence-corrected chi connectivity index (χ1v) is 8.14. The van der Waals surface area contributed by atoms with Crippen molar-refractivity contribution in [2.45, 2.75) is 58.5 Å². The average molecular weight is 274 g/mol. The summed E-state index contributed by atoms with van der Waals surface area (Å²) in [5.41, 5.74) is 4.22. The summed E-state index contributed by atoms with van der Waals surface area (Å²) in [6, 6.07) is 8.14. The number of benzene rings is 1. The molecular weight excluding hydrogens is 244 g/mol. The summed E-state index contributed by atoms with van der Waals surface area (Å²) >= 11 is 0. The van der Waals surface area contributed by atoms with E-state index < -0.39 is 0 Å². The Bertz CT molecular complexity index is 423. The molecule has 0 bridgehead atoms. The van der Waals surface area contributed by atoms with Crippen molar-refractivity contribution in [3.8, 4) is 0 Å². The van der Waals surface area contributed by atoms with Gasteiger partial charge in [0.15, 0.2) is 0 Å². The Morgan fingerprint density at radius 3 is 2.60 bits per heavy atom. The van der Waals surface area contributed by atoms with Crippen molar-refractivity contribution in [3.63, 3.8) is 0 Å². The van der Waals surface area contributed by atoms with Gasteiger partial charge in [-0.2, -0.15) is 0 Å². The number of hydrogen-bond donors (Lipinski definition) is 1. The van der Waals surface area contributed by atoms with Crippen LogP contribution < -0.4 is 5.32 Å². The SMILES string of the molecule is CCCCN(CC(NC)c1ccc(C)cc1C)C1CC1. The highest BCUT2D eigenvalue weighted by molar-refractivity contribution is 5.33. The molecule has 0 aliphatic heterocycles. The first kappa shape index (κ1) is 15.5. The van der Waals surface area contributed by atoms with E-state index in [0.717, 1.165) is 12.6 Å². The Balaban J connectivity index is 2.06. The molecule has 0 heterocycles. The van der Waals surface area contributed by atoms with Crippen molar-refractivity contribution in [1.29, 1.82) is 0 Å². The van der Waals surface area contributed by atoms with E-state index in [0.29, 0.717) is 6.04 Å². The molecule has 0 spiro atoms. The van der Waals surface area contributed by atoms with Gasteiger partial charge in [0.05, 0.1) is 0 Å². The van der Waals surface area contributed by atoms with Crippen LogP contribution in [0.1, 0.15) is 55.3 Å². The van der Waals surface area contributed by atoms with Gasteiger partial charge in [-0.15, -0.1) is 0 Å². The number of nitrogens with zero attached hydrogens (tertiary/aromatic N) is 1. The monoisotopic (exact) mass is 274 g/mol. The third-order valence-corrected chi connectivity index (χ3v) is 4.43. The van der Waals surface area contributed by atoms with Crippen molar-refractivity contribution in [2.75, 3.05) is 20.1 Å². The third kappa shape index (κ3) is 4.07. The van der Waals surface area contributed by atoms with Crippen LogP contribution in [0.15, 0.2) is 18.2 Å². The predicted octanol–water partition coefficient (Wildman–Crippen LogP) is 3.83. The molecule has 0 amide bonds. The molecule has 20 heavy (non-hydrogen) atoms. The molecule has 1 aromatic rings. The van der Waals surface area contributed by atoms with E-state index in [2.05, 4.69) is 56.2 Å². The largest absolute Gasteiger partial charge is 0.312 e. The highest BCUT2D eigenvalue weighted by atomic mass is 15.2. The lowest BCUT2D eigenvalue weighted by Crippen LogP contribution is -2.36. The van der Waals surface area contributed by atoms with E-state index in [1.165, 1.54) is 48.9 Å². The second kappa shape index (κ2) is 7.24. The van der Waals surface area contributed by atoms with Crippen LogP contribution in [-0.2, 0) is 0 Å². The van der Waals surface area contributed by atoms with Crippen LogP contribution in [0.3, 0.4) is 0 Å². The van der Waals surface area contributed by atoms with E-state index in [1.807, 2.05) is 0 Å². The fourth-order valence-corrected chi connectivity index (χ4v) is 3.02. The molecule has 1 saturated carbocycles. The smallest absolute Gasteiger partial charge is 0.0449 e. The second-order valence-corrected chi connectivity index (χ2v) is 6.28. The fraction of sp³-hybridized carbons (Fsp3) is 0.667. The average Bonchev–Trinajstić information content (AvgIpc) is 3.25. The zero-order valence-electron chi connectivity index (χ0n) is 13.6. The van der Waals surface area contributed by atoms with E-state index in [9.17, 15) is 0 Å². The van der Waals surface area contributed by atoms with Crippen LogP contribution in [0.4, 0.5) is 0 Å². The molecule has 1 unspecified atom stereocenters. The summed E-state index contributed by atoms with van der Waals surface area (Å²) in [5.74, 6) is 0. The summed E-state index contributed by atoms with van der Waals surface area (Å²) in [7, 11) is 2.09. The minimum Gasteiger partial charge on any atom is -0.312 e. The molecule has 1 aliphatic carbocycles. The normalized spacial score (nSPS) is 16.6. The standard InChI is InChI=1S/C18H30N2/c1-5-6-11-20(16-8-9-16)13-18(19-4)17-10-7-14(2)12-15(17)3/h7,10,12,16,18-19H,5-6,8-9,11,13H2,1-4H3. The van der Waals surface area contributed by atoms with Gasteiger partial charge in [-0.3, -0.25) is 4.90 Å². The van der Waals surface area contributed by atoms with Gasteiger partial charge in [0.25, 0.3) is 0 Å². The fourth-order valence-electron chi connectivity index (χ4n) is 3.02. The Hall–Kier alpha value is -0.860. The highest BCUT2D eigenvalue weighted by Crippen LogP contribution is 2.29. The third-order valence-electron chi connectivity index (χ3n) is 4.43. The first-order valence-electron chi connectivity index (χ1n) is 8.14. The van der Waals surface area contributed by atoms with Crippen LogP contribution in [0.2, 0.25) is 0 Å². The van der Waals surface area contributed by atoms with Gasteiger partial charge >= 0.3 is 0 Å². The lowest BCUT2D eigenvalue weighted by molar-refractivity contribution is 0.233. The van der Waals surface area contributed by atoms with Gasteiger partial charge in [0, 0.05) is 18.6 Å². The molecule has 2 nitrogen and oxygen atoms in total. The Kier molecular flexibility index (Phi) is 5.62. The Morgan fingerprint density at radius 2 is 2.05 bits per heavy atom. The molecule has 1 fully saturated rings. The van der Waals surface area contributed by atoms with Crippen LogP contribution in [0.5, 0.6) is 0 Å². The number of unbranched alkanes of at least 4 members (excludes halogenated alkanes) is 1. The molecule has 2 heteroatoms. The summed E-state index contributed by atoms with van der Waals surface area (Å²) in [6.07, 6.45) is 5.40. The molecule has 0 aromatic heterocycles. The summed E-state index contributed by atoms with van der Waals surface area (Å²) in [6.45, 7) is 9.09. The summed E-state index contributed by atoms with van der Waals surface area (Å²) < 4.78 is 0. The number of rotatable bonds is 8. The lowest BCUT2D eigenvalue weighted by Gasteiger charge is -2.28. The highest BCUT2D eigenvalue weighted by Gasteiger charge is 2.30. The van der Waals surface area contributed by atoms with Crippen LogP contribution >= 0.6 is 0 Å². The van der Waals surface area contributed by atoms with Crippen molar-refractivity contribution in [2.24, 2.45) is 0 Å². The molecule has 0 radical (unpaired) electrons. The van der Waals surface area contributed by atoms with Crippen LogP contribution in [0, 0.1) is 13.8 Å². The predicted molar refractivity (Wildman–Crippen MR) is 87.2 cm³/mol. The molecule has 112 valence electrons. The number of nitrogens with one attached hydrogen (secondary N) is 1. The zero-order chi connectivity index (χ0) is 14.5. The van der Waals surface area contributed by atoms with Gasteiger partial charge < -0.3 is 5.32 Å². The maximum atomic E-state index is 3.53. The zero-order valence-corrected chi connectivity index (χ0v) is 13.6. The van der Waals surface area contributed by atoms with Crippen molar-refractivity contribution >= 4 is 0 Å². The van der Waals surface area contributed by atoms with E-state index in [4.69, 9.17) is 0 Å². The Morgan fingerprint density at radius 1 is 1.30 bits per heavy atom. The van der Waals surface area contributed by atoms with E-state index in [1.54, 1.807) is 0 Å². The van der Waals surface area contributed by atoms with Crippen molar-refractivity contribution in [1.82, 2.24) is 10.2 Å². The van der Waals surface area contributed by atoms with Crippen LogP contribution in [0.25, 0.3) is 0 Å². The number of hydrogen-bond acceptors (Lipinski definition) is 2. The minimum absolute atomic E-state index is 0.452. The molecule has 1 aliphatic rings. The van der Waals surface area contributed by atoms with Gasteiger partial charge in [-0.05, 0) is 57.8 Å². The quantitative estimate of drug-likeness (QED) is 0.775. The molecular formula is C18H30N2. The molecule has 2 rings (SSSR count). The van der Waals surface area contributed by atoms with Crippen LogP contribution in [-0.4, -0.2) is 31.1 Å². The maximum absolute atomic E-state index is 3.53. The molecule has 1 N–H and O–H groups in total. The molecule has 1 atom stereocenters. The summed E-state index contributed by atoms with van der Waals surface area (Å²) in [5, 5.41) is 3.53. The maximum Gasteiger partial charge on any atom is 0.0449 e. The van der Waals surface area contributed by atoms with Gasteiger partial charge in [0.1, 0.15) is 0 Å². The van der Waals surface area contributed by atoms with Crippen molar-refractivity contribution < 1.29 is 0 Å². The second-order valence-electron chi connectivity index (χ2n) is 6.28. The molecule has 0 saturated heterocycles.